The Morgan fingerprint density at radius 1 is 1.03 bits per heavy atom. The van der Waals surface area contributed by atoms with E-state index in [0.29, 0.717) is 48.0 Å². The van der Waals surface area contributed by atoms with Gasteiger partial charge in [-0.1, -0.05) is 6.42 Å². The third kappa shape index (κ3) is 3.56. The summed E-state index contributed by atoms with van der Waals surface area (Å²) in [4.78, 5) is 15.7. The van der Waals surface area contributed by atoms with Crippen LogP contribution in [0, 0.1) is 0 Å². The van der Waals surface area contributed by atoms with Crippen LogP contribution in [0.2, 0.25) is 0 Å². The zero-order valence-corrected chi connectivity index (χ0v) is 17.4. The normalized spacial score (nSPS) is 18.7. The van der Waals surface area contributed by atoms with Gasteiger partial charge < -0.3 is 9.32 Å². The lowest BCUT2D eigenvalue weighted by Crippen LogP contribution is -2.49. The van der Waals surface area contributed by atoms with Crippen LogP contribution in [0.5, 0.6) is 0 Å². The number of hydrogen-bond acceptors (Lipinski definition) is 8. The molecule has 0 spiro atoms. The lowest BCUT2D eigenvalue weighted by molar-refractivity contribution is 0.338. The molecule has 29 heavy (non-hydrogen) atoms. The van der Waals surface area contributed by atoms with Gasteiger partial charge in [-0.3, -0.25) is 0 Å². The fourth-order valence-corrected chi connectivity index (χ4v) is 6.38. The number of hydrogen-bond donors (Lipinski definition) is 0. The first kappa shape index (κ1) is 18.7. The molecule has 2 fully saturated rings. The van der Waals surface area contributed by atoms with E-state index in [2.05, 4.69) is 15.0 Å². The second-order valence-corrected chi connectivity index (χ2v) is 10.5. The van der Waals surface area contributed by atoms with E-state index in [1.165, 1.54) is 22.1 Å². The van der Waals surface area contributed by atoms with Gasteiger partial charge in [-0.2, -0.15) is 4.31 Å². The van der Waals surface area contributed by atoms with Crippen molar-refractivity contribution in [3.8, 4) is 10.6 Å². The lowest BCUT2D eigenvalue weighted by Gasteiger charge is -2.33. The Hall–Kier alpha value is -2.30. The average molecular weight is 432 g/mol. The van der Waals surface area contributed by atoms with Gasteiger partial charge in [0.15, 0.2) is 11.7 Å². The largest absolute Gasteiger partial charge is 0.440 e. The monoisotopic (exact) mass is 431 g/mol. The third-order valence-electron chi connectivity index (χ3n) is 5.47. The van der Waals surface area contributed by atoms with Crippen molar-refractivity contribution in [3.05, 3.63) is 42.7 Å². The molecule has 0 amide bonds. The van der Waals surface area contributed by atoms with Gasteiger partial charge in [-0.25, -0.2) is 23.4 Å². The summed E-state index contributed by atoms with van der Waals surface area (Å²) >= 11 is 1.23. The summed E-state index contributed by atoms with van der Waals surface area (Å²) in [5, 5.41) is 0. The van der Waals surface area contributed by atoms with Crippen molar-refractivity contribution in [2.75, 3.05) is 31.1 Å². The second kappa shape index (κ2) is 7.51. The van der Waals surface area contributed by atoms with E-state index >= 15 is 0 Å². The summed E-state index contributed by atoms with van der Waals surface area (Å²) in [6.45, 7) is 1.94. The molecule has 0 bridgehead atoms. The molecule has 0 N–H and O–H groups in total. The number of aromatic nitrogens is 3. The number of sulfonamides is 1. The maximum atomic E-state index is 13.1. The lowest BCUT2D eigenvalue weighted by atomic mass is 9.85. The van der Waals surface area contributed by atoms with Crippen LogP contribution < -0.4 is 4.90 Å². The van der Waals surface area contributed by atoms with Crippen LogP contribution in [-0.4, -0.2) is 53.9 Å². The smallest absolute Gasteiger partial charge is 0.252 e. The predicted octanol–water partition coefficient (Wildman–Crippen LogP) is 2.97. The zero-order chi connectivity index (χ0) is 19.8. The molecular weight excluding hydrogens is 410 g/mol. The molecule has 5 rings (SSSR count). The molecule has 1 saturated heterocycles. The minimum atomic E-state index is -3.54. The Balaban J connectivity index is 1.29. The van der Waals surface area contributed by atoms with Crippen molar-refractivity contribution in [2.45, 2.75) is 29.4 Å². The van der Waals surface area contributed by atoms with E-state index in [0.717, 1.165) is 23.6 Å². The van der Waals surface area contributed by atoms with Crippen LogP contribution in [0.4, 0.5) is 5.95 Å². The maximum absolute atomic E-state index is 13.1. The standard InChI is InChI=1S/C19H21N5O3S2/c25-29(26,24-11-9-23(10-12-24)19-20-7-2-8-21-19)17-6-5-16(28-17)15-13-22-18(27-15)14-3-1-4-14/h2,5-8,13-14H,1,3-4,9-12H2. The molecule has 1 saturated carbocycles. The van der Waals surface area contributed by atoms with Gasteiger partial charge in [0, 0.05) is 44.5 Å². The van der Waals surface area contributed by atoms with Gasteiger partial charge in [0.25, 0.3) is 10.0 Å². The van der Waals surface area contributed by atoms with Crippen molar-refractivity contribution in [3.63, 3.8) is 0 Å². The van der Waals surface area contributed by atoms with E-state index in [4.69, 9.17) is 4.42 Å². The zero-order valence-electron chi connectivity index (χ0n) is 15.8. The molecule has 152 valence electrons. The molecule has 3 aromatic rings. The van der Waals surface area contributed by atoms with Crippen molar-refractivity contribution in [1.29, 1.82) is 0 Å². The molecular formula is C19H21N5O3S2. The van der Waals surface area contributed by atoms with Crippen molar-refractivity contribution < 1.29 is 12.8 Å². The molecule has 2 aliphatic rings. The molecule has 0 unspecified atom stereocenters. The minimum Gasteiger partial charge on any atom is -0.440 e. The Kier molecular flexibility index (Phi) is 4.84. The van der Waals surface area contributed by atoms with E-state index < -0.39 is 10.0 Å². The molecule has 0 radical (unpaired) electrons. The second-order valence-electron chi connectivity index (χ2n) is 7.25. The fourth-order valence-electron chi connectivity index (χ4n) is 3.55. The first-order valence-corrected chi connectivity index (χ1v) is 11.9. The first-order chi connectivity index (χ1) is 14.1. The molecule has 8 nitrogen and oxygen atoms in total. The average Bonchev–Trinajstić information content (AvgIpc) is 3.38. The van der Waals surface area contributed by atoms with Gasteiger partial charge in [0.2, 0.25) is 5.95 Å². The molecule has 3 aromatic heterocycles. The van der Waals surface area contributed by atoms with Gasteiger partial charge in [0.05, 0.1) is 11.1 Å². The summed E-state index contributed by atoms with van der Waals surface area (Å²) < 4.78 is 33.9. The molecule has 1 aliphatic carbocycles. The third-order valence-corrected chi connectivity index (χ3v) is 8.94. The van der Waals surface area contributed by atoms with Crippen molar-refractivity contribution >= 4 is 27.3 Å². The topological polar surface area (TPSA) is 92.4 Å². The summed E-state index contributed by atoms with van der Waals surface area (Å²) in [7, 11) is -3.54. The minimum absolute atomic E-state index is 0.332. The molecule has 1 aliphatic heterocycles. The SMILES string of the molecule is O=S(=O)(c1ccc(-c2cnc(C3CCC3)o2)s1)N1CCN(c2ncccn2)CC1. The quantitative estimate of drug-likeness (QED) is 0.613. The highest BCUT2D eigenvalue weighted by molar-refractivity contribution is 7.91. The van der Waals surface area contributed by atoms with Crippen LogP contribution in [-0.2, 0) is 10.0 Å². The van der Waals surface area contributed by atoms with Gasteiger partial charge >= 0.3 is 0 Å². The van der Waals surface area contributed by atoms with Gasteiger partial charge in [-0.15, -0.1) is 11.3 Å². The highest BCUT2D eigenvalue weighted by atomic mass is 32.2. The predicted molar refractivity (Wildman–Crippen MR) is 109 cm³/mol. The Labute approximate surface area is 173 Å². The summed E-state index contributed by atoms with van der Waals surface area (Å²) in [5.41, 5.74) is 0. The van der Waals surface area contributed by atoms with Crippen molar-refractivity contribution in [2.24, 2.45) is 0 Å². The van der Waals surface area contributed by atoms with Crippen molar-refractivity contribution in [1.82, 2.24) is 19.3 Å². The Morgan fingerprint density at radius 3 is 2.48 bits per heavy atom. The van der Waals surface area contributed by atoms with Crippen LogP contribution in [0.15, 0.2) is 45.4 Å². The first-order valence-electron chi connectivity index (χ1n) is 9.69. The highest BCUT2D eigenvalue weighted by Crippen LogP contribution is 2.39. The van der Waals surface area contributed by atoms with Crippen LogP contribution in [0.3, 0.4) is 0 Å². The molecule has 10 heteroatoms. The summed E-state index contributed by atoms with van der Waals surface area (Å²) in [6, 6.07) is 5.23. The van der Waals surface area contributed by atoms with E-state index in [-0.39, 0.29) is 0 Å². The van der Waals surface area contributed by atoms with Crippen LogP contribution >= 0.6 is 11.3 Å². The number of anilines is 1. The van der Waals surface area contributed by atoms with Gasteiger partial charge in [0.1, 0.15) is 4.21 Å². The van der Waals surface area contributed by atoms with E-state index in [1.54, 1.807) is 36.8 Å². The molecule has 0 aromatic carbocycles. The summed E-state index contributed by atoms with van der Waals surface area (Å²) in [6.07, 6.45) is 8.53. The number of thiophene rings is 1. The molecule has 4 heterocycles. The van der Waals surface area contributed by atoms with Crippen LogP contribution in [0.25, 0.3) is 10.6 Å². The number of oxazole rings is 1. The number of piperazine rings is 1. The Morgan fingerprint density at radius 2 is 1.79 bits per heavy atom. The maximum Gasteiger partial charge on any atom is 0.252 e. The highest BCUT2D eigenvalue weighted by Gasteiger charge is 2.31. The Bertz CT molecular complexity index is 1080. The summed E-state index contributed by atoms with van der Waals surface area (Å²) in [5.74, 6) is 2.46. The van der Waals surface area contributed by atoms with Crippen LogP contribution in [0.1, 0.15) is 31.1 Å². The van der Waals surface area contributed by atoms with E-state index in [9.17, 15) is 8.42 Å². The number of rotatable bonds is 5. The van der Waals surface area contributed by atoms with Gasteiger partial charge in [-0.05, 0) is 31.0 Å². The molecule has 0 atom stereocenters. The number of nitrogens with zero attached hydrogens (tertiary/aromatic N) is 5. The fraction of sp³-hybridized carbons (Fsp3) is 0.421. The van der Waals surface area contributed by atoms with E-state index in [1.807, 2.05) is 4.90 Å².